The van der Waals surface area contributed by atoms with E-state index in [-0.39, 0.29) is 4.90 Å². The Labute approximate surface area is 131 Å². The van der Waals surface area contributed by atoms with Crippen LogP contribution in [0.25, 0.3) is 0 Å². The van der Waals surface area contributed by atoms with E-state index >= 15 is 0 Å². The molecule has 1 unspecified atom stereocenters. The number of nitrogens with zero attached hydrogens (tertiary/aromatic N) is 1. The molecule has 0 amide bonds. The highest BCUT2D eigenvalue weighted by molar-refractivity contribution is 7.85. The highest BCUT2D eigenvalue weighted by atomic mass is 32.2. The van der Waals surface area contributed by atoms with Gasteiger partial charge in [0.2, 0.25) is 0 Å². The van der Waals surface area contributed by atoms with Crippen molar-refractivity contribution in [1.29, 1.82) is 0 Å². The molecule has 1 heterocycles. The normalized spacial score (nSPS) is 16.7. The first-order valence-electron chi connectivity index (χ1n) is 6.95. The number of hydrogen-bond donors (Lipinski definition) is 2. The molecule has 1 aliphatic rings. The van der Waals surface area contributed by atoms with Crippen molar-refractivity contribution in [2.24, 2.45) is 5.84 Å². The van der Waals surface area contributed by atoms with E-state index in [1.54, 1.807) is 12.1 Å². The third kappa shape index (κ3) is 3.85. The summed E-state index contributed by atoms with van der Waals surface area (Å²) in [6, 6.07) is 14.7. The molecule has 22 heavy (non-hydrogen) atoms. The number of aryl methyl sites for hydroxylation is 1. The van der Waals surface area contributed by atoms with Gasteiger partial charge in [-0.05, 0) is 44.0 Å². The van der Waals surface area contributed by atoms with Crippen LogP contribution in [0.2, 0.25) is 0 Å². The van der Waals surface area contributed by atoms with Crippen LogP contribution >= 0.6 is 0 Å². The molecule has 2 aromatic carbocycles. The van der Waals surface area contributed by atoms with Gasteiger partial charge in [-0.1, -0.05) is 35.9 Å². The largest absolute Gasteiger partial charge is 0.308 e. The third-order valence-corrected chi connectivity index (χ3v) is 4.45. The van der Waals surface area contributed by atoms with E-state index in [2.05, 4.69) is 25.1 Å². The molecule has 0 spiro atoms. The molecule has 118 valence electrons. The smallest absolute Gasteiger partial charge is 0.294 e. The van der Waals surface area contributed by atoms with Crippen molar-refractivity contribution in [2.75, 3.05) is 5.01 Å². The van der Waals surface area contributed by atoms with Gasteiger partial charge >= 0.3 is 0 Å². The van der Waals surface area contributed by atoms with Crippen LogP contribution in [-0.2, 0) is 16.5 Å². The zero-order valence-corrected chi connectivity index (χ0v) is 13.4. The summed E-state index contributed by atoms with van der Waals surface area (Å²) in [5.74, 6) is 5.82. The minimum Gasteiger partial charge on any atom is -0.308 e. The number of rotatable bonds is 1. The Morgan fingerprint density at radius 1 is 1.14 bits per heavy atom. The first-order valence-corrected chi connectivity index (χ1v) is 8.39. The van der Waals surface area contributed by atoms with Gasteiger partial charge in [0.15, 0.2) is 0 Å². The first kappa shape index (κ1) is 16.5. The van der Waals surface area contributed by atoms with E-state index in [9.17, 15) is 8.42 Å². The summed E-state index contributed by atoms with van der Waals surface area (Å²) in [6.45, 7) is 3.98. The molecule has 6 heteroatoms. The Morgan fingerprint density at radius 3 is 2.27 bits per heavy atom. The van der Waals surface area contributed by atoms with Gasteiger partial charge in [0.05, 0.1) is 10.6 Å². The number of nitrogens with two attached hydrogens (primary N) is 1. The molecule has 3 N–H and O–H groups in total. The topological polar surface area (TPSA) is 83.6 Å². The molecule has 0 aliphatic carbocycles. The Hall–Kier alpha value is -1.89. The quantitative estimate of drug-likeness (QED) is 0.623. The zero-order chi connectivity index (χ0) is 16.3. The summed E-state index contributed by atoms with van der Waals surface area (Å²) >= 11 is 0. The van der Waals surface area contributed by atoms with Crippen molar-refractivity contribution in [3.63, 3.8) is 0 Å². The van der Waals surface area contributed by atoms with E-state index in [1.165, 1.54) is 23.4 Å². The maximum atomic E-state index is 10.5. The molecular formula is C16H20N2O3S. The molecule has 1 atom stereocenters. The van der Waals surface area contributed by atoms with Crippen LogP contribution in [0.4, 0.5) is 5.69 Å². The SMILES string of the molecule is CC1Cc2ccccc2N1N.Cc1ccc(S(=O)(=O)O)cc1. The second kappa shape index (κ2) is 6.48. The molecule has 0 saturated heterocycles. The van der Waals surface area contributed by atoms with Crippen molar-refractivity contribution >= 4 is 15.8 Å². The Kier molecular flexibility index (Phi) is 4.85. The van der Waals surface area contributed by atoms with Crippen LogP contribution in [0.1, 0.15) is 18.1 Å². The molecule has 2 aromatic rings. The van der Waals surface area contributed by atoms with Gasteiger partial charge < -0.3 is 5.01 Å². The molecule has 0 bridgehead atoms. The average molecular weight is 320 g/mol. The summed E-state index contributed by atoms with van der Waals surface area (Å²) in [5.41, 5.74) is 3.50. The first-order chi connectivity index (χ1) is 10.3. The molecular weight excluding hydrogens is 300 g/mol. The van der Waals surface area contributed by atoms with Crippen LogP contribution in [0.15, 0.2) is 53.4 Å². The van der Waals surface area contributed by atoms with Gasteiger partial charge in [-0.3, -0.25) is 4.55 Å². The lowest BCUT2D eigenvalue weighted by atomic mass is 10.1. The fraction of sp³-hybridized carbons (Fsp3) is 0.250. The highest BCUT2D eigenvalue weighted by Gasteiger charge is 2.22. The number of hydrazine groups is 1. The average Bonchev–Trinajstić information content (AvgIpc) is 2.75. The fourth-order valence-electron chi connectivity index (χ4n) is 2.30. The molecule has 0 radical (unpaired) electrons. The minimum absolute atomic E-state index is 0.0666. The maximum absolute atomic E-state index is 10.5. The van der Waals surface area contributed by atoms with E-state index in [0.29, 0.717) is 6.04 Å². The second-order valence-electron chi connectivity index (χ2n) is 5.38. The van der Waals surface area contributed by atoms with Crippen LogP contribution in [0.5, 0.6) is 0 Å². The van der Waals surface area contributed by atoms with Gasteiger partial charge in [-0.25, -0.2) is 5.84 Å². The minimum atomic E-state index is -4.02. The monoisotopic (exact) mass is 320 g/mol. The van der Waals surface area contributed by atoms with Crippen LogP contribution in [-0.4, -0.2) is 19.0 Å². The fourth-order valence-corrected chi connectivity index (χ4v) is 2.78. The molecule has 0 saturated carbocycles. The molecule has 5 nitrogen and oxygen atoms in total. The van der Waals surface area contributed by atoms with Crippen molar-refractivity contribution in [3.8, 4) is 0 Å². The highest BCUT2D eigenvalue weighted by Crippen LogP contribution is 2.28. The van der Waals surface area contributed by atoms with E-state index < -0.39 is 10.1 Å². The van der Waals surface area contributed by atoms with Gasteiger partial charge in [0, 0.05) is 6.04 Å². The van der Waals surface area contributed by atoms with Crippen molar-refractivity contribution in [2.45, 2.75) is 31.2 Å². The second-order valence-corrected chi connectivity index (χ2v) is 6.80. The Bertz CT molecular complexity index is 742. The van der Waals surface area contributed by atoms with Crippen molar-refractivity contribution in [1.82, 2.24) is 0 Å². The van der Waals surface area contributed by atoms with Crippen molar-refractivity contribution in [3.05, 3.63) is 59.7 Å². The standard InChI is InChI=1S/C9H12N2.C7H8O3S/c1-7-6-8-4-2-3-5-9(8)11(7)10;1-6-2-4-7(5-3-6)11(8,9)10/h2-5,7H,6,10H2,1H3;2-5H,1H3,(H,8,9,10). The number of anilines is 1. The summed E-state index contributed by atoms with van der Waals surface area (Å²) in [5, 5.41) is 1.84. The molecule has 1 aliphatic heterocycles. The lowest BCUT2D eigenvalue weighted by molar-refractivity contribution is 0.483. The molecule has 3 rings (SSSR count). The van der Waals surface area contributed by atoms with Gasteiger partial charge in [0.1, 0.15) is 0 Å². The summed E-state index contributed by atoms with van der Waals surface area (Å²) in [6.07, 6.45) is 1.08. The lowest BCUT2D eigenvalue weighted by Crippen LogP contribution is -2.35. The summed E-state index contributed by atoms with van der Waals surface area (Å²) < 4.78 is 29.6. The predicted molar refractivity (Wildman–Crippen MR) is 87.3 cm³/mol. The maximum Gasteiger partial charge on any atom is 0.294 e. The Balaban J connectivity index is 0.000000160. The number of benzene rings is 2. The van der Waals surface area contributed by atoms with Crippen LogP contribution in [0, 0.1) is 6.92 Å². The summed E-state index contributed by atoms with van der Waals surface area (Å²) in [7, 11) is -4.02. The van der Waals surface area contributed by atoms with Crippen LogP contribution < -0.4 is 10.9 Å². The third-order valence-electron chi connectivity index (χ3n) is 3.58. The number of fused-ring (bicyclic) bond motifs is 1. The zero-order valence-electron chi connectivity index (χ0n) is 12.6. The van der Waals surface area contributed by atoms with Gasteiger partial charge in [-0.2, -0.15) is 8.42 Å². The van der Waals surface area contributed by atoms with E-state index in [4.69, 9.17) is 10.4 Å². The van der Waals surface area contributed by atoms with E-state index in [1.807, 2.05) is 18.0 Å². The van der Waals surface area contributed by atoms with Gasteiger partial charge in [-0.15, -0.1) is 0 Å². The van der Waals surface area contributed by atoms with E-state index in [0.717, 1.165) is 12.0 Å². The number of para-hydroxylation sites is 1. The predicted octanol–water partition coefficient (Wildman–Crippen LogP) is 2.55. The van der Waals surface area contributed by atoms with Crippen molar-refractivity contribution < 1.29 is 13.0 Å². The lowest BCUT2D eigenvalue weighted by Gasteiger charge is -2.17. The molecule has 0 fully saturated rings. The molecule has 0 aromatic heterocycles. The Morgan fingerprint density at radius 2 is 1.73 bits per heavy atom. The summed E-state index contributed by atoms with van der Waals surface area (Å²) in [4.78, 5) is -0.0666. The van der Waals surface area contributed by atoms with Gasteiger partial charge in [0.25, 0.3) is 10.1 Å². The van der Waals surface area contributed by atoms with Crippen LogP contribution in [0.3, 0.4) is 0 Å². The number of hydrogen-bond acceptors (Lipinski definition) is 4.